The molecular formula is C13H10N2O3. The molecule has 90 valence electrons. The van der Waals surface area contributed by atoms with Gasteiger partial charge in [0.25, 0.3) is 0 Å². The van der Waals surface area contributed by atoms with Gasteiger partial charge in [0.05, 0.1) is 5.52 Å². The Morgan fingerprint density at radius 2 is 2.06 bits per heavy atom. The van der Waals surface area contributed by atoms with Crippen LogP contribution in [0.2, 0.25) is 0 Å². The zero-order valence-corrected chi connectivity index (χ0v) is 9.33. The predicted molar refractivity (Wildman–Crippen MR) is 64.4 cm³/mol. The maximum Gasteiger partial charge on any atom is 0.247 e. The van der Waals surface area contributed by atoms with E-state index >= 15 is 0 Å². The van der Waals surface area contributed by atoms with E-state index in [0.717, 1.165) is 10.9 Å². The monoisotopic (exact) mass is 242 g/mol. The van der Waals surface area contributed by atoms with Crippen molar-refractivity contribution in [3.05, 3.63) is 53.7 Å². The number of carbonyl (C=O) groups is 1. The number of benzene rings is 1. The Morgan fingerprint density at radius 1 is 1.28 bits per heavy atom. The lowest BCUT2D eigenvalue weighted by atomic mass is 10.0. The van der Waals surface area contributed by atoms with Crippen molar-refractivity contribution in [1.82, 2.24) is 4.98 Å². The summed E-state index contributed by atoms with van der Waals surface area (Å²) in [5.41, 5.74) is 6.82. The van der Waals surface area contributed by atoms with Gasteiger partial charge in [0.15, 0.2) is 6.10 Å². The number of hydrogen-bond acceptors (Lipinski definition) is 5. The first-order valence-electron chi connectivity index (χ1n) is 5.41. The lowest BCUT2D eigenvalue weighted by Crippen LogP contribution is -2.10. The van der Waals surface area contributed by atoms with Crippen molar-refractivity contribution < 1.29 is 14.6 Å². The normalized spacial score (nSPS) is 19.3. The van der Waals surface area contributed by atoms with E-state index in [-0.39, 0.29) is 5.88 Å². The molecule has 1 unspecified atom stereocenters. The molecule has 1 aromatic heterocycles. The number of aliphatic hydroxyl groups excluding tert-OH is 1. The minimum absolute atomic E-state index is 0.231. The van der Waals surface area contributed by atoms with Gasteiger partial charge in [-0.05, 0) is 12.1 Å². The summed E-state index contributed by atoms with van der Waals surface area (Å²) < 4.78 is 5.21. The highest BCUT2D eigenvalue weighted by Gasteiger charge is 2.36. The molecule has 0 saturated carbocycles. The van der Waals surface area contributed by atoms with Gasteiger partial charge >= 0.3 is 0 Å². The summed E-state index contributed by atoms with van der Waals surface area (Å²) in [7, 11) is 0. The van der Waals surface area contributed by atoms with Gasteiger partial charge in [-0.15, -0.1) is 0 Å². The number of nitrogens with two attached hydrogens (primary N) is 1. The summed E-state index contributed by atoms with van der Waals surface area (Å²) in [5, 5.41) is 10.2. The Labute approximate surface area is 103 Å². The first kappa shape index (κ1) is 10.6. The second-order valence-corrected chi connectivity index (χ2v) is 3.99. The summed E-state index contributed by atoms with van der Waals surface area (Å²) >= 11 is 0. The summed E-state index contributed by atoms with van der Waals surface area (Å²) in [4.78, 5) is 16.0. The predicted octanol–water partition coefficient (Wildman–Crippen LogP) is 1.56. The number of Topliss-reactive ketones (excluding diaryl/α,β-unsaturated/α-hetero) is 1. The number of fused-ring (bicyclic) bond motifs is 1. The van der Waals surface area contributed by atoms with E-state index in [1.807, 2.05) is 24.3 Å². The molecular weight excluding hydrogens is 232 g/mol. The molecule has 1 aliphatic rings. The minimum atomic E-state index is -0.891. The van der Waals surface area contributed by atoms with Crippen molar-refractivity contribution in [3.8, 4) is 0 Å². The Kier molecular flexibility index (Phi) is 2.19. The van der Waals surface area contributed by atoms with Crippen LogP contribution in [0.1, 0.15) is 11.7 Å². The zero-order valence-electron chi connectivity index (χ0n) is 9.33. The Balaban J connectivity index is 2.15. The van der Waals surface area contributed by atoms with Gasteiger partial charge in [0.1, 0.15) is 0 Å². The van der Waals surface area contributed by atoms with Crippen LogP contribution in [0.3, 0.4) is 0 Å². The summed E-state index contributed by atoms with van der Waals surface area (Å²) in [5.74, 6) is -1.27. The highest BCUT2D eigenvalue weighted by molar-refractivity contribution is 6.01. The van der Waals surface area contributed by atoms with E-state index in [9.17, 15) is 9.90 Å². The van der Waals surface area contributed by atoms with Gasteiger partial charge in [-0.1, -0.05) is 18.2 Å². The second kappa shape index (κ2) is 3.73. The van der Waals surface area contributed by atoms with E-state index < -0.39 is 17.6 Å². The van der Waals surface area contributed by atoms with Crippen molar-refractivity contribution >= 4 is 16.7 Å². The quantitative estimate of drug-likeness (QED) is 0.792. The fraction of sp³-hybridized carbons (Fsp3) is 0.0769. The van der Waals surface area contributed by atoms with Gasteiger partial charge in [-0.2, -0.15) is 0 Å². The number of nitrogens with zero attached hydrogens (tertiary/aromatic N) is 1. The molecule has 0 bridgehead atoms. The maximum atomic E-state index is 11.8. The van der Waals surface area contributed by atoms with Crippen LogP contribution in [-0.4, -0.2) is 15.9 Å². The van der Waals surface area contributed by atoms with E-state index in [4.69, 9.17) is 10.5 Å². The molecule has 18 heavy (non-hydrogen) atoms. The first-order chi connectivity index (χ1) is 8.68. The first-order valence-corrected chi connectivity index (χ1v) is 5.41. The molecule has 3 N–H and O–H groups in total. The van der Waals surface area contributed by atoms with Crippen LogP contribution in [0.25, 0.3) is 10.9 Å². The number of rotatable bonds is 1. The molecule has 3 rings (SSSR count). The van der Waals surface area contributed by atoms with Crippen LogP contribution in [0.15, 0.2) is 48.2 Å². The second-order valence-electron chi connectivity index (χ2n) is 3.99. The van der Waals surface area contributed by atoms with E-state index in [2.05, 4.69) is 4.98 Å². The molecule has 1 atom stereocenters. The number of aliphatic hydroxyl groups is 1. The third kappa shape index (κ3) is 1.41. The van der Waals surface area contributed by atoms with Crippen LogP contribution >= 0.6 is 0 Å². The number of para-hydroxylation sites is 1. The van der Waals surface area contributed by atoms with E-state index in [0.29, 0.717) is 5.56 Å². The molecule has 0 saturated heterocycles. The van der Waals surface area contributed by atoms with Crippen LogP contribution in [-0.2, 0) is 9.53 Å². The van der Waals surface area contributed by atoms with Gasteiger partial charge in [-0.3, -0.25) is 9.78 Å². The highest BCUT2D eigenvalue weighted by atomic mass is 16.5. The number of hydrogen-bond donors (Lipinski definition) is 2. The number of ether oxygens (including phenoxy) is 1. The van der Waals surface area contributed by atoms with Gasteiger partial charge in [0.2, 0.25) is 17.4 Å². The fourth-order valence-electron chi connectivity index (χ4n) is 2.03. The Morgan fingerprint density at radius 3 is 2.78 bits per heavy atom. The zero-order chi connectivity index (χ0) is 12.7. The van der Waals surface area contributed by atoms with Crippen molar-refractivity contribution in [2.24, 2.45) is 5.73 Å². The maximum absolute atomic E-state index is 11.8. The third-order valence-corrected chi connectivity index (χ3v) is 2.91. The molecule has 0 spiro atoms. The van der Waals surface area contributed by atoms with E-state index in [1.165, 1.54) is 0 Å². The van der Waals surface area contributed by atoms with Crippen LogP contribution < -0.4 is 5.73 Å². The summed E-state index contributed by atoms with van der Waals surface area (Å²) in [6.07, 6.45) is 0.706. The largest absolute Gasteiger partial charge is 0.501 e. The third-order valence-electron chi connectivity index (χ3n) is 2.91. The van der Waals surface area contributed by atoms with E-state index in [1.54, 1.807) is 12.3 Å². The highest BCUT2D eigenvalue weighted by Crippen LogP contribution is 2.33. The molecule has 0 aliphatic carbocycles. The molecule has 0 amide bonds. The average Bonchev–Trinajstić information content (AvgIpc) is 2.66. The number of aromatic nitrogens is 1. The number of pyridine rings is 1. The standard InChI is InChI=1S/C13H10N2O3/c14-13-11(17)10(16)12(18-13)8-5-6-15-9-4-2-1-3-7(8)9/h1-6,12,17H,14H2. The summed E-state index contributed by atoms with van der Waals surface area (Å²) in [6.45, 7) is 0. The molecule has 1 aromatic carbocycles. The molecule has 2 aromatic rings. The molecule has 0 fully saturated rings. The van der Waals surface area contributed by atoms with Gasteiger partial charge < -0.3 is 15.6 Å². The average molecular weight is 242 g/mol. The molecule has 0 radical (unpaired) electrons. The lowest BCUT2D eigenvalue weighted by Gasteiger charge is -2.12. The summed E-state index contributed by atoms with van der Waals surface area (Å²) in [6, 6.07) is 9.09. The SMILES string of the molecule is NC1=C(O)C(=O)C(c2ccnc3ccccc23)O1. The minimum Gasteiger partial charge on any atom is -0.501 e. The number of carbonyl (C=O) groups excluding carboxylic acids is 1. The fourth-order valence-corrected chi connectivity index (χ4v) is 2.03. The van der Waals surface area contributed by atoms with Crippen molar-refractivity contribution in [1.29, 1.82) is 0 Å². The lowest BCUT2D eigenvalue weighted by molar-refractivity contribution is -0.123. The van der Waals surface area contributed by atoms with Crippen molar-refractivity contribution in [2.45, 2.75) is 6.10 Å². The Hall–Kier alpha value is -2.56. The van der Waals surface area contributed by atoms with Crippen LogP contribution in [0.4, 0.5) is 0 Å². The molecule has 5 nitrogen and oxygen atoms in total. The van der Waals surface area contributed by atoms with Crippen LogP contribution in [0.5, 0.6) is 0 Å². The van der Waals surface area contributed by atoms with Crippen molar-refractivity contribution in [3.63, 3.8) is 0 Å². The Bertz CT molecular complexity index is 673. The van der Waals surface area contributed by atoms with Gasteiger partial charge in [0, 0.05) is 17.1 Å². The van der Waals surface area contributed by atoms with Gasteiger partial charge in [-0.25, -0.2) is 0 Å². The van der Waals surface area contributed by atoms with Crippen molar-refractivity contribution in [2.75, 3.05) is 0 Å². The molecule has 5 heteroatoms. The van der Waals surface area contributed by atoms with Crippen LogP contribution in [0, 0.1) is 0 Å². The topological polar surface area (TPSA) is 85.4 Å². The smallest absolute Gasteiger partial charge is 0.247 e. The molecule has 2 heterocycles. The molecule has 1 aliphatic heterocycles. The number of ketones is 1.